The summed E-state index contributed by atoms with van der Waals surface area (Å²) in [4.78, 5) is 19.0. The molecule has 0 radical (unpaired) electrons. The Labute approximate surface area is 121 Å². The third kappa shape index (κ3) is 2.88. The molecule has 104 valence electrons. The highest BCUT2D eigenvalue weighted by Gasteiger charge is 2.16. The van der Waals surface area contributed by atoms with Gasteiger partial charge in [-0.2, -0.15) is 0 Å². The molecule has 20 heavy (non-hydrogen) atoms. The van der Waals surface area contributed by atoms with Gasteiger partial charge in [0.2, 0.25) is 5.82 Å². The Balaban J connectivity index is 2.46. The summed E-state index contributed by atoms with van der Waals surface area (Å²) in [6.45, 7) is 1.77. The largest absolute Gasteiger partial charge is 0.475 e. The number of nitrogens with one attached hydrogen (secondary N) is 1. The van der Waals surface area contributed by atoms with E-state index in [9.17, 15) is 4.79 Å². The van der Waals surface area contributed by atoms with E-state index < -0.39 is 5.97 Å². The van der Waals surface area contributed by atoms with Crippen molar-refractivity contribution in [3.05, 3.63) is 51.9 Å². The molecule has 5 nitrogen and oxygen atoms in total. The highest BCUT2D eigenvalue weighted by molar-refractivity contribution is 6.31. The monoisotopic (exact) mass is 291 g/mol. The summed E-state index contributed by atoms with van der Waals surface area (Å²) >= 11 is 6.15. The summed E-state index contributed by atoms with van der Waals surface area (Å²) in [5, 5.41) is 12.6. The molecule has 2 aromatic rings. The minimum Gasteiger partial charge on any atom is -0.475 e. The fourth-order valence-electron chi connectivity index (χ4n) is 1.94. The SMILES string of the molecule is CNc1nc(C(=O)O)nc(C)c1Cc1ccccc1Cl. The second kappa shape index (κ2) is 5.88. The third-order valence-corrected chi connectivity index (χ3v) is 3.34. The van der Waals surface area contributed by atoms with Crippen LogP contribution in [0.5, 0.6) is 0 Å². The lowest BCUT2D eigenvalue weighted by atomic mass is 10.0. The maximum Gasteiger partial charge on any atom is 0.374 e. The summed E-state index contributed by atoms with van der Waals surface area (Å²) in [6, 6.07) is 7.51. The van der Waals surface area contributed by atoms with Crippen molar-refractivity contribution in [2.45, 2.75) is 13.3 Å². The van der Waals surface area contributed by atoms with Gasteiger partial charge in [0.1, 0.15) is 5.82 Å². The number of carboxylic acid groups (broad SMARTS) is 1. The zero-order chi connectivity index (χ0) is 14.7. The highest BCUT2D eigenvalue weighted by atomic mass is 35.5. The molecule has 2 N–H and O–H groups in total. The molecule has 1 aromatic heterocycles. The van der Waals surface area contributed by atoms with Gasteiger partial charge >= 0.3 is 5.97 Å². The number of halogens is 1. The van der Waals surface area contributed by atoms with E-state index >= 15 is 0 Å². The molecule has 0 fully saturated rings. The topological polar surface area (TPSA) is 75.1 Å². The fraction of sp³-hybridized carbons (Fsp3) is 0.214. The first-order chi connectivity index (χ1) is 9.52. The maximum atomic E-state index is 11.0. The number of carboxylic acids is 1. The van der Waals surface area contributed by atoms with Crippen LogP contribution in [0.4, 0.5) is 5.82 Å². The van der Waals surface area contributed by atoms with Crippen LogP contribution in [0.2, 0.25) is 5.02 Å². The third-order valence-electron chi connectivity index (χ3n) is 2.97. The van der Waals surface area contributed by atoms with Crippen LogP contribution in [0.25, 0.3) is 0 Å². The van der Waals surface area contributed by atoms with Crippen LogP contribution in [0.3, 0.4) is 0 Å². The molecule has 1 aromatic carbocycles. The van der Waals surface area contributed by atoms with Gasteiger partial charge in [-0.15, -0.1) is 0 Å². The molecule has 0 saturated heterocycles. The van der Waals surface area contributed by atoms with Gasteiger partial charge in [-0.05, 0) is 18.6 Å². The summed E-state index contributed by atoms with van der Waals surface area (Å²) in [5.41, 5.74) is 2.41. The van der Waals surface area contributed by atoms with Crippen LogP contribution in [0.15, 0.2) is 24.3 Å². The van der Waals surface area contributed by atoms with Gasteiger partial charge in [-0.25, -0.2) is 14.8 Å². The van der Waals surface area contributed by atoms with Gasteiger partial charge in [-0.1, -0.05) is 29.8 Å². The lowest BCUT2D eigenvalue weighted by molar-refractivity contribution is 0.0683. The zero-order valence-electron chi connectivity index (χ0n) is 11.1. The Morgan fingerprint density at radius 1 is 1.35 bits per heavy atom. The number of rotatable bonds is 4. The molecule has 0 amide bonds. The van der Waals surface area contributed by atoms with Crippen LogP contribution in [0, 0.1) is 6.92 Å². The van der Waals surface area contributed by atoms with Crippen LogP contribution in [0.1, 0.15) is 27.4 Å². The number of benzene rings is 1. The Bertz CT molecular complexity index is 659. The van der Waals surface area contributed by atoms with E-state index in [1.807, 2.05) is 24.3 Å². The second-order valence-corrected chi connectivity index (χ2v) is 4.69. The molecule has 0 saturated carbocycles. The Morgan fingerprint density at radius 3 is 2.65 bits per heavy atom. The molecular weight excluding hydrogens is 278 g/mol. The molecule has 0 spiro atoms. The van der Waals surface area contributed by atoms with Crippen LogP contribution in [-0.4, -0.2) is 28.1 Å². The molecule has 0 unspecified atom stereocenters. The van der Waals surface area contributed by atoms with Crippen molar-refractivity contribution < 1.29 is 9.90 Å². The van der Waals surface area contributed by atoms with Gasteiger partial charge < -0.3 is 10.4 Å². The van der Waals surface area contributed by atoms with Crippen molar-refractivity contribution in [3.8, 4) is 0 Å². The Hall–Kier alpha value is -2.14. The predicted molar refractivity (Wildman–Crippen MR) is 77.5 cm³/mol. The van der Waals surface area contributed by atoms with Gasteiger partial charge in [0.15, 0.2) is 0 Å². The van der Waals surface area contributed by atoms with Gasteiger partial charge in [0.05, 0.1) is 0 Å². The predicted octanol–water partition coefficient (Wildman–Crippen LogP) is 2.77. The average molecular weight is 292 g/mol. The van der Waals surface area contributed by atoms with E-state index in [1.165, 1.54) is 0 Å². The molecule has 0 atom stereocenters. The molecule has 0 aliphatic heterocycles. The summed E-state index contributed by atoms with van der Waals surface area (Å²) in [6.07, 6.45) is 0.543. The van der Waals surface area contributed by atoms with E-state index in [0.29, 0.717) is 23.0 Å². The smallest absolute Gasteiger partial charge is 0.374 e. The van der Waals surface area contributed by atoms with Crippen LogP contribution < -0.4 is 5.32 Å². The van der Waals surface area contributed by atoms with Crippen molar-refractivity contribution in [1.82, 2.24) is 9.97 Å². The van der Waals surface area contributed by atoms with E-state index in [-0.39, 0.29) is 5.82 Å². The first-order valence-corrected chi connectivity index (χ1v) is 6.42. The van der Waals surface area contributed by atoms with E-state index in [2.05, 4.69) is 15.3 Å². The number of aromatic nitrogens is 2. The minimum atomic E-state index is -1.14. The highest BCUT2D eigenvalue weighted by Crippen LogP contribution is 2.24. The van der Waals surface area contributed by atoms with Crippen molar-refractivity contribution in [1.29, 1.82) is 0 Å². The number of aromatic carboxylic acids is 1. The zero-order valence-corrected chi connectivity index (χ0v) is 11.9. The van der Waals surface area contributed by atoms with Gasteiger partial charge in [0.25, 0.3) is 0 Å². The van der Waals surface area contributed by atoms with Crippen molar-refractivity contribution in [3.63, 3.8) is 0 Å². The van der Waals surface area contributed by atoms with Gasteiger partial charge in [0, 0.05) is 29.7 Å². The number of hydrogen-bond donors (Lipinski definition) is 2. The number of anilines is 1. The van der Waals surface area contributed by atoms with Crippen LogP contribution in [-0.2, 0) is 6.42 Å². The molecule has 0 aliphatic rings. The Kier molecular flexibility index (Phi) is 4.20. The Morgan fingerprint density at radius 2 is 2.05 bits per heavy atom. The molecule has 0 aliphatic carbocycles. The number of hydrogen-bond acceptors (Lipinski definition) is 4. The van der Waals surface area contributed by atoms with E-state index in [1.54, 1.807) is 14.0 Å². The molecule has 1 heterocycles. The standard InChI is InChI=1S/C14H14ClN3O2/c1-8-10(7-9-5-3-4-6-11(9)15)12(16-2)18-13(17-8)14(19)20/h3-6H,7H2,1-2H3,(H,19,20)(H,16,17,18). The fourth-order valence-corrected chi connectivity index (χ4v) is 2.14. The number of aryl methyl sites for hydroxylation is 1. The van der Waals surface area contributed by atoms with Gasteiger partial charge in [-0.3, -0.25) is 0 Å². The lowest BCUT2D eigenvalue weighted by Crippen LogP contribution is -2.12. The number of nitrogens with zero attached hydrogens (tertiary/aromatic N) is 2. The quantitative estimate of drug-likeness (QED) is 0.906. The maximum absolute atomic E-state index is 11.0. The van der Waals surface area contributed by atoms with E-state index in [0.717, 1.165) is 11.1 Å². The first kappa shape index (κ1) is 14.3. The molecule has 0 bridgehead atoms. The van der Waals surface area contributed by atoms with Crippen molar-refractivity contribution in [2.75, 3.05) is 12.4 Å². The van der Waals surface area contributed by atoms with Crippen LogP contribution >= 0.6 is 11.6 Å². The molecule has 2 rings (SSSR count). The normalized spacial score (nSPS) is 10.3. The van der Waals surface area contributed by atoms with E-state index in [4.69, 9.17) is 16.7 Å². The first-order valence-electron chi connectivity index (χ1n) is 6.05. The van der Waals surface area contributed by atoms with Crippen molar-refractivity contribution in [2.24, 2.45) is 0 Å². The summed E-state index contributed by atoms with van der Waals surface area (Å²) < 4.78 is 0. The minimum absolute atomic E-state index is 0.213. The average Bonchev–Trinajstić information content (AvgIpc) is 2.42. The second-order valence-electron chi connectivity index (χ2n) is 4.28. The number of carbonyl (C=O) groups is 1. The molecular formula is C14H14ClN3O2. The lowest BCUT2D eigenvalue weighted by Gasteiger charge is -2.12. The van der Waals surface area contributed by atoms with Crippen molar-refractivity contribution >= 4 is 23.4 Å². The molecule has 6 heteroatoms. The summed E-state index contributed by atoms with van der Waals surface area (Å²) in [7, 11) is 1.70. The summed E-state index contributed by atoms with van der Waals surface area (Å²) in [5.74, 6) is -0.849.